The molecule has 1 heterocycles. The Morgan fingerprint density at radius 2 is 2.04 bits per heavy atom. The van der Waals surface area contributed by atoms with Crippen LogP contribution in [-0.4, -0.2) is 18.2 Å². The van der Waals surface area contributed by atoms with Gasteiger partial charge in [0.05, 0.1) is 12.0 Å². The number of thioether (sulfide) groups is 1. The van der Waals surface area contributed by atoms with Gasteiger partial charge in [0.2, 0.25) is 0 Å². The zero-order valence-electron chi connectivity index (χ0n) is 13.4. The SMILES string of the molecule is COc1cc(/C=C2/SC(N)=NC2=O)ccc1OCc1ccccc1Cl. The van der Waals surface area contributed by atoms with Gasteiger partial charge in [-0.3, -0.25) is 4.79 Å². The zero-order valence-corrected chi connectivity index (χ0v) is 14.9. The average molecular weight is 375 g/mol. The first-order valence-electron chi connectivity index (χ1n) is 7.39. The summed E-state index contributed by atoms with van der Waals surface area (Å²) in [5.41, 5.74) is 7.23. The van der Waals surface area contributed by atoms with Crippen LogP contribution in [0.1, 0.15) is 11.1 Å². The molecule has 0 fully saturated rings. The summed E-state index contributed by atoms with van der Waals surface area (Å²) in [6, 6.07) is 12.9. The van der Waals surface area contributed by atoms with Crippen LogP contribution in [0.25, 0.3) is 6.08 Å². The summed E-state index contributed by atoms with van der Waals surface area (Å²) in [6.45, 7) is 0.329. The highest BCUT2D eigenvalue weighted by molar-refractivity contribution is 8.18. The van der Waals surface area contributed by atoms with Gasteiger partial charge in [0, 0.05) is 10.6 Å². The van der Waals surface area contributed by atoms with Crippen LogP contribution in [0, 0.1) is 0 Å². The summed E-state index contributed by atoms with van der Waals surface area (Å²) in [5, 5.41) is 0.903. The highest BCUT2D eigenvalue weighted by Gasteiger charge is 2.19. The third-order valence-corrected chi connectivity index (χ3v) is 4.65. The summed E-state index contributed by atoms with van der Waals surface area (Å²) >= 11 is 7.28. The lowest BCUT2D eigenvalue weighted by molar-refractivity contribution is -0.113. The number of halogens is 1. The number of amides is 1. The van der Waals surface area contributed by atoms with Gasteiger partial charge in [-0.15, -0.1) is 0 Å². The first kappa shape index (κ1) is 17.4. The number of carbonyl (C=O) groups is 1. The predicted molar refractivity (Wildman–Crippen MR) is 101 cm³/mol. The molecule has 0 radical (unpaired) electrons. The van der Waals surface area contributed by atoms with E-state index in [4.69, 9.17) is 26.8 Å². The van der Waals surface area contributed by atoms with E-state index in [1.807, 2.05) is 30.3 Å². The third kappa shape index (κ3) is 4.15. The van der Waals surface area contributed by atoms with Crippen LogP contribution in [-0.2, 0) is 11.4 Å². The second-order valence-corrected chi connectivity index (χ2v) is 6.63. The second-order valence-electron chi connectivity index (χ2n) is 5.16. The van der Waals surface area contributed by atoms with E-state index in [1.54, 1.807) is 25.3 Å². The first-order valence-corrected chi connectivity index (χ1v) is 8.58. The smallest absolute Gasteiger partial charge is 0.286 e. The van der Waals surface area contributed by atoms with Crippen LogP contribution in [0.5, 0.6) is 11.5 Å². The van der Waals surface area contributed by atoms with Crippen molar-refractivity contribution >= 4 is 40.5 Å². The summed E-state index contributed by atoms with van der Waals surface area (Å²) in [6.07, 6.45) is 1.72. The van der Waals surface area contributed by atoms with Gasteiger partial charge in [0.15, 0.2) is 16.7 Å². The Bertz CT molecular complexity index is 880. The lowest BCUT2D eigenvalue weighted by Crippen LogP contribution is -2.01. The van der Waals surface area contributed by atoms with Gasteiger partial charge < -0.3 is 15.2 Å². The lowest BCUT2D eigenvalue weighted by atomic mass is 10.2. The van der Waals surface area contributed by atoms with E-state index >= 15 is 0 Å². The number of rotatable bonds is 5. The summed E-state index contributed by atoms with van der Waals surface area (Å²) in [4.78, 5) is 15.8. The molecule has 1 amide bonds. The van der Waals surface area contributed by atoms with Crippen molar-refractivity contribution in [1.29, 1.82) is 0 Å². The maximum Gasteiger partial charge on any atom is 0.286 e. The fourth-order valence-corrected chi connectivity index (χ4v) is 3.11. The largest absolute Gasteiger partial charge is 0.493 e. The van der Waals surface area contributed by atoms with Crippen LogP contribution in [0.15, 0.2) is 52.4 Å². The molecule has 0 aromatic heterocycles. The highest BCUT2D eigenvalue weighted by atomic mass is 35.5. The maximum absolute atomic E-state index is 11.7. The molecule has 2 aromatic carbocycles. The van der Waals surface area contributed by atoms with Gasteiger partial charge in [-0.05, 0) is 41.6 Å². The first-order chi connectivity index (χ1) is 12.1. The van der Waals surface area contributed by atoms with Crippen molar-refractivity contribution in [3.8, 4) is 11.5 Å². The Hall–Kier alpha value is -2.44. The van der Waals surface area contributed by atoms with Crippen LogP contribution in [0.3, 0.4) is 0 Å². The Morgan fingerprint density at radius 1 is 1.24 bits per heavy atom. The standard InChI is InChI=1S/C18H15ClN2O3S/c1-23-15-8-11(9-16-17(22)21-18(20)25-16)6-7-14(15)24-10-12-4-2-3-5-13(12)19/h2-9H,10H2,1H3,(H2,20,21,22)/b16-9+. The van der Waals surface area contributed by atoms with Crippen LogP contribution < -0.4 is 15.2 Å². The topological polar surface area (TPSA) is 73.9 Å². The predicted octanol–water partition coefficient (Wildman–Crippen LogP) is 3.86. The third-order valence-electron chi connectivity index (χ3n) is 3.46. The number of hydrogen-bond acceptors (Lipinski definition) is 5. The number of amidine groups is 1. The summed E-state index contributed by atoms with van der Waals surface area (Å²) < 4.78 is 11.2. The molecular formula is C18H15ClN2O3S. The van der Waals surface area contributed by atoms with Gasteiger partial charge >= 0.3 is 0 Å². The van der Waals surface area contributed by atoms with Crippen LogP contribution in [0.4, 0.5) is 0 Å². The molecule has 0 spiro atoms. The molecule has 2 aromatic rings. The van der Waals surface area contributed by atoms with Crippen LogP contribution >= 0.6 is 23.4 Å². The molecule has 5 nitrogen and oxygen atoms in total. The fraction of sp³-hybridized carbons (Fsp3) is 0.111. The molecule has 1 aliphatic heterocycles. The minimum Gasteiger partial charge on any atom is -0.493 e. The van der Waals surface area contributed by atoms with Crippen LogP contribution in [0.2, 0.25) is 5.02 Å². The van der Waals surface area contributed by atoms with Gasteiger partial charge in [0.1, 0.15) is 6.61 Å². The maximum atomic E-state index is 11.7. The summed E-state index contributed by atoms with van der Waals surface area (Å²) in [7, 11) is 1.56. The molecule has 0 atom stereocenters. The van der Waals surface area contributed by atoms with E-state index in [1.165, 1.54) is 0 Å². The van der Waals surface area contributed by atoms with Crippen molar-refractivity contribution in [2.45, 2.75) is 6.61 Å². The van der Waals surface area contributed by atoms with Crippen molar-refractivity contribution in [3.63, 3.8) is 0 Å². The van der Waals surface area contributed by atoms with Crippen molar-refractivity contribution < 1.29 is 14.3 Å². The lowest BCUT2D eigenvalue weighted by Gasteiger charge is -2.12. The number of methoxy groups -OCH3 is 1. The number of aliphatic imine (C=N–C) groups is 1. The molecule has 2 N–H and O–H groups in total. The van der Waals surface area contributed by atoms with Gasteiger partial charge in [-0.1, -0.05) is 35.9 Å². The Balaban J connectivity index is 1.77. The molecule has 0 saturated carbocycles. The number of benzene rings is 2. The Morgan fingerprint density at radius 3 is 2.72 bits per heavy atom. The quantitative estimate of drug-likeness (QED) is 0.804. The molecule has 3 rings (SSSR count). The highest BCUT2D eigenvalue weighted by Crippen LogP contribution is 2.32. The van der Waals surface area contributed by atoms with E-state index in [0.717, 1.165) is 22.9 Å². The molecule has 0 unspecified atom stereocenters. The van der Waals surface area contributed by atoms with Gasteiger partial charge in [-0.2, -0.15) is 4.99 Å². The van der Waals surface area contributed by atoms with Gasteiger partial charge in [-0.25, -0.2) is 0 Å². The molecule has 25 heavy (non-hydrogen) atoms. The summed E-state index contributed by atoms with van der Waals surface area (Å²) in [5.74, 6) is 0.817. The van der Waals surface area contributed by atoms with E-state index in [0.29, 0.717) is 28.0 Å². The van der Waals surface area contributed by atoms with E-state index in [2.05, 4.69) is 4.99 Å². The number of ether oxygens (including phenoxy) is 2. The monoisotopic (exact) mass is 374 g/mol. The molecule has 1 aliphatic rings. The molecule has 0 saturated heterocycles. The molecule has 128 valence electrons. The van der Waals surface area contributed by atoms with E-state index < -0.39 is 0 Å². The minimum absolute atomic E-state index is 0.253. The van der Waals surface area contributed by atoms with Crippen molar-refractivity contribution in [3.05, 3.63) is 63.5 Å². The van der Waals surface area contributed by atoms with Crippen molar-refractivity contribution in [1.82, 2.24) is 0 Å². The minimum atomic E-state index is -0.333. The van der Waals surface area contributed by atoms with Crippen molar-refractivity contribution in [2.75, 3.05) is 7.11 Å². The molecule has 7 heteroatoms. The zero-order chi connectivity index (χ0) is 17.8. The number of hydrogen-bond donors (Lipinski definition) is 1. The van der Waals surface area contributed by atoms with Crippen molar-refractivity contribution in [2.24, 2.45) is 10.7 Å². The molecule has 0 aliphatic carbocycles. The average Bonchev–Trinajstić information content (AvgIpc) is 2.92. The normalized spacial score (nSPS) is 15.4. The fourth-order valence-electron chi connectivity index (χ4n) is 2.24. The second kappa shape index (κ2) is 7.63. The van der Waals surface area contributed by atoms with E-state index in [9.17, 15) is 4.79 Å². The Kier molecular flexibility index (Phi) is 5.31. The molecule has 0 bridgehead atoms. The number of nitrogens with two attached hydrogens (primary N) is 1. The number of nitrogens with zero attached hydrogens (tertiary/aromatic N) is 1. The van der Waals surface area contributed by atoms with E-state index in [-0.39, 0.29) is 11.1 Å². The molecular weight excluding hydrogens is 360 g/mol. The number of carbonyl (C=O) groups excluding carboxylic acids is 1. The Labute approximate surface area is 154 Å². The van der Waals surface area contributed by atoms with Gasteiger partial charge in [0.25, 0.3) is 5.91 Å².